The van der Waals surface area contributed by atoms with Gasteiger partial charge in [0.05, 0.1) is 0 Å². The van der Waals surface area contributed by atoms with Gasteiger partial charge in [-0.3, -0.25) is 0 Å². The lowest BCUT2D eigenvalue weighted by atomic mass is 10.3. The minimum atomic E-state index is -3.20. The Hall–Kier alpha value is -0.130. The SMILES string of the molecule is CCOC1CCC(OCC)S1(=O)=O. The molecule has 0 amide bonds. The molecule has 2 unspecified atom stereocenters. The highest BCUT2D eigenvalue weighted by Gasteiger charge is 2.41. The zero-order valence-corrected chi connectivity index (χ0v) is 8.84. The third-order valence-corrected chi connectivity index (χ3v) is 4.29. The molecule has 4 nitrogen and oxygen atoms in total. The Bertz CT molecular complexity index is 227. The first kappa shape index (κ1) is 10.9. The summed E-state index contributed by atoms with van der Waals surface area (Å²) in [6.45, 7) is 4.46. The van der Waals surface area contributed by atoms with Crippen molar-refractivity contribution in [2.45, 2.75) is 37.6 Å². The fourth-order valence-corrected chi connectivity index (χ4v) is 3.42. The molecule has 1 saturated heterocycles. The summed E-state index contributed by atoms with van der Waals surface area (Å²) in [6.07, 6.45) is 1.11. The van der Waals surface area contributed by atoms with E-state index in [1.165, 1.54) is 0 Å². The van der Waals surface area contributed by atoms with Crippen LogP contribution in [0.3, 0.4) is 0 Å². The molecule has 0 aliphatic carbocycles. The second-order valence-corrected chi connectivity index (χ2v) is 5.17. The minimum absolute atomic E-state index is 0.433. The topological polar surface area (TPSA) is 52.6 Å². The van der Waals surface area contributed by atoms with E-state index < -0.39 is 20.7 Å². The van der Waals surface area contributed by atoms with Crippen LogP contribution < -0.4 is 0 Å². The van der Waals surface area contributed by atoms with Gasteiger partial charge in [-0.1, -0.05) is 0 Å². The predicted octanol–water partition coefficient (Wildman–Crippen LogP) is 0.920. The van der Waals surface area contributed by atoms with E-state index in [0.717, 1.165) is 0 Å². The van der Waals surface area contributed by atoms with Gasteiger partial charge in [-0.2, -0.15) is 0 Å². The van der Waals surface area contributed by atoms with Crippen molar-refractivity contribution < 1.29 is 17.9 Å². The highest BCUT2D eigenvalue weighted by molar-refractivity contribution is 7.92. The Morgan fingerprint density at radius 3 is 1.77 bits per heavy atom. The lowest BCUT2D eigenvalue weighted by Gasteiger charge is -2.12. The van der Waals surface area contributed by atoms with Gasteiger partial charge in [0.1, 0.15) is 0 Å². The molecule has 0 N–H and O–H groups in total. The number of ether oxygens (including phenoxy) is 2. The van der Waals surface area contributed by atoms with Crippen molar-refractivity contribution in [1.29, 1.82) is 0 Å². The van der Waals surface area contributed by atoms with Crippen LogP contribution in [0.1, 0.15) is 26.7 Å². The van der Waals surface area contributed by atoms with Crippen LogP contribution in [0.15, 0.2) is 0 Å². The molecular weight excluding hydrogens is 192 g/mol. The summed E-state index contributed by atoms with van der Waals surface area (Å²) in [5, 5.41) is 0. The molecule has 5 heteroatoms. The first-order chi connectivity index (χ1) is 6.12. The monoisotopic (exact) mass is 208 g/mol. The Morgan fingerprint density at radius 2 is 1.46 bits per heavy atom. The molecule has 0 bridgehead atoms. The highest BCUT2D eigenvalue weighted by atomic mass is 32.2. The maximum Gasteiger partial charge on any atom is 0.203 e. The van der Waals surface area contributed by atoms with Crippen LogP contribution in [-0.4, -0.2) is 32.5 Å². The molecule has 78 valence electrons. The standard InChI is InChI=1S/C8H16O4S/c1-3-11-7-5-6-8(12-4-2)13(7,9)10/h7-8H,3-6H2,1-2H3. The van der Waals surface area contributed by atoms with Crippen LogP contribution in [0, 0.1) is 0 Å². The lowest BCUT2D eigenvalue weighted by molar-refractivity contribution is 0.111. The van der Waals surface area contributed by atoms with Crippen molar-refractivity contribution in [3.63, 3.8) is 0 Å². The van der Waals surface area contributed by atoms with E-state index in [1.807, 2.05) is 0 Å². The van der Waals surface area contributed by atoms with Gasteiger partial charge in [-0.05, 0) is 26.7 Å². The van der Waals surface area contributed by atoms with E-state index in [2.05, 4.69) is 0 Å². The Balaban J connectivity index is 2.66. The van der Waals surface area contributed by atoms with Crippen LogP contribution >= 0.6 is 0 Å². The van der Waals surface area contributed by atoms with Gasteiger partial charge in [-0.25, -0.2) is 8.42 Å². The number of hydrogen-bond donors (Lipinski definition) is 0. The van der Waals surface area contributed by atoms with Gasteiger partial charge < -0.3 is 9.47 Å². The van der Waals surface area contributed by atoms with E-state index in [1.54, 1.807) is 13.8 Å². The van der Waals surface area contributed by atoms with Gasteiger partial charge in [0.25, 0.3) is 0 Å². The maximum atomic E-state index is 11.6. The second kappa shape index (κ2) is 4.39. The highest BCUT2D eigenvalue weighted by Crippen LogP contribution is 2.28. The second-order valence-electron chi connectivity index (χ2n) is 2.94. The molecule has 1 aliphatic rings. The van der Waals surface area contributed by atoms with Crippen LogP contribution in [-0.2, 0) is 19.3 Å². The van der Waals surface area contributed by atoms with Crippen LogP contribution in [0.4, 0.5) is 0 Å². The third kappa shape index (κ3) is 2.21. The molecule has 0 radical (unpaired) electrons. The van der Waals surface area contributed by atoms with Crippen molar-refractivity contribution in [3.05, 3.63) is 0 Å². The molecule has 0 aromatic rings. The summed E-state index contributed by atoms with van der Waals surface area (Å²) in [5.41, 5.74) is -1.29. The molecular formula is C8H16O4S. The average Bonchev–Trinajstić information content (AvgIpc) is 2.33. The van der Waals surface area contributed by atoms with Crippen molar-refractivity contribution in [1.82, 2.24) is 0 Å². The number of rotatable bonds is 4. The first-order valence-corrected chi connectivity index (χ1v) is 6.19. The molecule has 13 heavy (non-hydrogen) atoms. The quantitative estimate of drug-likeness (QED) is 0.689. The lowest BCUT2D eigenvalue weighted by Crippen LogP contribution is -2.27. The maximum absolute atomic E-state index is 11.6. The van der Waals surface area contributed by atoms with Crippen molar-refractivity contribution in [3.8, 4) is 0 Å². The fourth-order valence-electron chi connectivity index (χ4n) is 1.50. The summed E-state index contributed by atoms with van der Waals surface area (Å²) >= 11 is 0. The van der Waals surface area contributed by atoms with E-state index in [4.69, 9.17) is 9.47 Å². The summed E-state index contributed by atoms with van der Waals surface area (Å²) in [7, 11) is -3.20. The molecule has 2 atom stereocenters. The zero-order valence-electron chi connectivity index (χ0n) is 8.02. The molecule has 1 rings (SSSR count). The molecule has 1 aliphatic heterocycles. The summed E-state index contributed by atoms with van der Waals surface area (Å²) in [4.78, 5) is 0. The van der Waals surface area contributed by atoms with Crippen LogP contribution in [0.5, 0.6) is 0 Å². The summed E-state index contributed by atoms with van der Waals surface area (Å²) in [6, 6.07) is 0. The smallest absolute Gasteiger partial charge is 0.203 e. The average molecular weight is 208 g/mol. The van der Waals surface area contributed by atoms with Gasteiger partial charge >= 0.3 is 0 Å². The van der Waals surface area contributed by atoms with Crippen molar-refractivity contribution >= 4 is 9.84 Å². The summed E-state index contributed by atoms with van der Waals surface area (Å²) in [5.74, 6) is 0. The fraction of sp³-hybridized carbons (Fsp3) is 1.00. The van der Waals surface area contributed by atoms with E-state index >= 15 is 0 Å². The molecule has 0 aromatic carbocycles. The van der Waals surface area contributed by atoms with E-state index in [0.29, 0.717) is 26.1 Å². The van der Waals surface area contributed by atoms with Gasteiger partial charge in [0, 0.05) is 13.2 Å². The number of sulfone groups is 1. The van der Waals surface area contributed by atoms with Crippen molar-refractivity contribution in [2.24, 2.45) is 0 Å². The van der Waals surface area contributed by atoms with E-state index in [9.17, 15) is 8.42 Å². The Labute approximate surface area is 79.1 Å². The minimum Gasteiger partial charge on any atom is -0.362 e. The van der Waals surface area contributed by atoms with Gasteiger partial charge in [0.2, 0.25) is 9.84 Å². The largest absolute Gasteiger partial charge is 0.362 e. The van der Waals surface area contributed by atoms with Gasteiger partial charge in [0.15, 0.2) is 10.9 Å². The Kier molecular flexibility index (Phi) is 3.70. The zero-order chi connectivity index (χ0) is 9.90. The molecule has 1 fully saturated rings. The van der Waals surface area contributed by atoms with Crippen LogP contribution in [0.2, 0.25) is 0 Å². The van der Waals surface area contributed by atoms with Crippen LogP contribution in [0.25, 0.3) is 0 Å². The predicted molar refractivity (Wildman–Crippen MR) is 49.0 cm³/mol. The first-order valence-electron chi connectivity index (χ1n) is 4.58. The molecule has 1 heterocycles. The normalized spacial score (nSPS) is 32.2. The number of hydrogen-bond acceptors (Lipinski definition) is 4. The van der Waals surface area contributed by atoms with Gasteiger partial charge in [-0.15, -0.1) is 0 Å². The molecule has 0 aromatic heterocycles. The molecule has 0 spiro atoms. The van der Waals surface area contributed by atoms with Crippen molar-refractivity contribution in [2.75, 3.05) is 13.2 Å². The summed E-state index contributed by atoms with van der Waals surface area (Å²) < 4.78 is 33.5. The van der Waals surface area contributed by atoms with E-state index in [-0.39, 0.29) is 0 Å². The Morgan fingerprint density at radius 1 is 1.08 bits per heavy atom. The third-order valence-electron chi connectivity index (χ3n) is 2.08. The molecule has 0 saturated carbocycles.